The molecule has 0 aromatic heterocycles. The van der Waals surface area contributed by atoms with Crippen molar-refractivity contribution in [2.24, 2.45) is 51.8 Å². The van der Waals surface area contributed by atoms with Crippen LogP contribution in [0.5, 0.6) is 0 Å². The van der Waals surface area contributed by atoms with E-state index in [0.717, 1.165) is 51.8 Å². The van der Waals surface area contributed by atoms with Crippen molar-refractivity contribution in [3.8, 4) is 0 Å². The Bertz CT molecular complexity index is 370. The maximum absolute atomic E-state index is 2.37. The van der Waals surface area contributed by atoms with Crippen LogP contribution in [0.25, 0.3) is 0 Å². The number of halogens is 18. The van der Waals surface area contributed by atoms with Gasteiger partial charge in [-0.05, 0) is 71.0 Å². The molecule has 0 spiro atoms. The molecule has 45 heavy (non-hydrogen) atoms. The summed E-state index contributed by atoms with van der Waals surface area (Å²) in [6.45, 7) is 26.2. The average Bonchev–Trinajstić information content (AvgIpc) is 3.43. The molecule has 8 unspecified atom stereocenters. The van der Waals surface area contributed by atoms with Crippen molar-refractivity contribution in [3.05, 3.63) is 0 Å². The van der Waals surface area contributed by atoms with E-state index in [0.29, 0.717) is 0 Å². The van der Waals surface area contributed by atoms with Crippen molar-refractivity contribution in [1.29, 1.82) is 0 Å². The molecular weight excluding hydrogens is 858 g/mol. The summed E-state index contributed by atoms with van der Waals surface area (Å²) in [7, 11) is 0. The zero-order chi connectivity index (χ0) is 19.1. The molecule has 0 aromatic rings. The molecule has 0 amide bonds. The summed E-state index contributed by atoms with van der Waals surface area (Å²) in [5.74, 6) is 6.99. The Morgan fingerprint density at radius 3 is 0.333 bits per heavy atom. The molecule has 0 bridgehead atoms. The predicted molar refractivity (Wildman–Crippen MR) is 186 cm³/mol. The van der Waals surface area contributed by atoms with Crippen LogP contribution in [0.4, 0.5) is 84.7 Å². The van der Waals surface area contributed by atoms with Crippen molar-refractivity contribution >= 4 is 52.3 Å². The van der Waals surface area contributed by atoms with Gasteiger partial charge in [0.15, 0.2) is 0 Å². The van der Waals surface area contributed by atoms with E-state index in [2.05, 4.69) is 41.5 Å². The van der Waals surface area contributed by atoms with Gasteiger partial charge in [-0.3, -0.25) is 84.7 Å². The van der Waals surface area contributed by atoms with Gasteiger partial charge in [-0.2, -0.15) is 9.90 Å². The standard InChI is InChI=1S/3C6H10.3C2H6.AsH3.18FH.H3P.Sb.3H/c3*1-6(2)4-3-5(4)6;3*1-2;;;;;;;;;;;;;;;;;;;;;;;;/h3*4-5H,3H2,1-2H3;3*1-2H3;1H3;18*1H;1H3;;;;. The van der Waals surface area contributed by atoms with Crippen LogP contribution < -0.4 is 0 Å². The van der Waals surface area contributed by atoms with Gasteiger partial charge in [-0.25, -0.2) is 0 Å². The Balaban J connectivity index is -0.00000000768. The van der Waals surface area contributed by atoms with E-state index in [9.17, 15) is 0 Å². The van der Waals surface area contributed by atoms with Gasteiger partial charge in [0.1, 0.15) is 0 Å². The third-order valence-corrected chi connectivity index (χ3v) is 7.78. The van der Waals surface area contributed by atoms with E-state index in [1.54, 1.807) is 19.3 Å². The van der Waals surface area contributed by atoms with Gasteiger partial charge in [0.25, 0.3) is 0 Å². The van der Waals surface area contributed by atoms with Crippen molar-refractivity contribution in [2.45, 2.75) is 102 Å². The van der Waals surface area contributed by atoms with Crippen LogP contribution in [0.2, 0.25) is 0 Å². The summed E-state index contributed by atoms with van der Waals surface area (Å²) in [6.07, 6.45) is 4.65. The van der Waals surface area contributed by atoms with E-state index in [-0.39, 0.29) is 137 Å². The minimum atomic E-state index is 0. The number of hydrogen-bond acceptors (Lipinski definition) is 0. The van der Waals surface area contributed by atoms with E-state index >= 15 is 0 Å². The van der Waals surface area contributed by atoms with Crippen molar-refractivity contribution < 1.29 is 84.7 Å². The molecule has 6 aliphatic carbocycles. The second-order valence-electron chi connectivity index (χ2n) is 9.81. The van der Waals surface area contributed by atoms with Crippen LogP contribution in [-0.4, -0.2) is 42.4 Å². The van der Waals surface area contributed by atoms with Crippen LogP contribution in [0.1, 0.15) is 102 Å². The van der Waals surface area contributed by atoms with Crippen LogP contribution in [0, 0.1) is 51.8 Å². The van der Waals surface area contributed by atoms with Gasteiger partial charge in [-0.15, -0.1) is 0 Å². The molecule has 6 aliphatic rings. The molecule has 0 aromatic carbocycles. The number of fused-ring (bicyclic) bond motifs is 3. The Kier molecular flexibility index (Phi) is 180. The van der Waals surface area contributed by atoms with Gasteiger partial charge in [0, 0.05) is 0 Å². The number of hydrogen-bond donors (Lipinski definition) is 0. The minimum absolute atomic E-state index is 0. The molecule has 312 valence electrons. The monoisotopic (exact) mass is 932 g/mol. The first-order valence-electron chi connectivity index (χ1n) is 11.2. The summed E-state index contributed by atoms with van der Waals surface area (Å²) < 4.78 is 0. The third kappa shape index (κ3) is 34.2. The second-order valence-corrected chi connectivity index (χ2v) is 9.81. The van der Waals surface area contributed by atoms with Crippen LogP contribution in [0.15, 0.2) is 0 Å². The topological polar surface area (TPSA) is 0 Å². The Morgan fingerprint density at radius 2 is 0.333 bits per heavy atom. The molecule has 0 radical (unpaired) electrons. The van der Waals surface area contributed by atoms with E-state index in [1.807, 2.05) is 41.5 Å². The SMILES string of the molecule is CC.CC.CC.CC1(C)C2CC21.CC1(C)C2CC21.CC1(C)C2CC21.F.F.F.F.F.F.F.F.F.F.F.F.F.F.F.F.F.F.P.[AsH3].[SbH3]. The van der Waals surface area contributed by atoms with E-state index in [4.69, 9.17) is 0 Å². The second kappa shape index (κ2) is 54.0. The fourth-order valence-corrected chi connectivity index (χ4v) is 4.50. The molecule has 0 aliphatic heterocycles. The van der Waals surface area contributed by atoms with Crippen molar-refractivity contribution in [3.63, 3.8) is 0 Å². The molecular formula is C24H75AsF18PSb. The van der Waals surface area contributed by atoms with Crippen LogP contribution in [-0.2, 0) is 0 Å². The van der Waals surface area contributed by atoms with Crippen molar-refractivity contribution in [1.82, 2.24) is 0 Å². The zero-order valence-electron chi connectivity index (χ0n) is 28.6. The number of rotatable bonds is 0. The zero-order valence-corrected chi connectivity index (χ0v) is 37.0. The van der Waals surface area contributed by atoms with Gasteiger partial charge < -0.3 is 0 Å². The molecule has 6 fully saturated rings. The molecule has 21 heteroatoms. The average molecular weight is 933 g/mol. The molecule has 0 nitrogen and oxygen atoms in total. The normalized spacial score (nSPS) is 23.2. The predicted octanol–water partition coefficient (Wildman–Crippen LogP) is 8.50. The summed E-state index contributed by atoms with van der Waals surface area (Å²) >= 11 is 0. The fourth-order valence-electron chi connectivity index (χ4n) is 4.50. The van der Waals surface area contributed by atoms with Gasteiger partial charge in [0.05, 0.1) is 0 Å². The Hall–Kier alpha value is 0.547. The molecule has 6 rings (SSSR count). The molecule has 0 saturated heterocycles. The van der Waals surface area contributed by atoms with Crippen molar-refractivity contribution in [2.75, 3.05) is 0 Å². The molecule has 6 saturated carbocycles. The van der Waals surface area contributed by atoms with Crippen LogP contribution >= 0.6 is 9.90 Å². The molecule has 0 heterocycles. The quantitative estimate of drug-likeness (QED) is 0.130. The molecule has 0 N–H and O–H groups in total. The molecule has 8 atom stereocenters. The van der Waals surface area contributed by atoms with E-state index in [1.165, 1.54) is 0 Å². The van der Waals surface area contributed by atoms with Crippen LogP contribution in [0.3, 0.4) is 0 Å². The summed E-state index contributed by atoms with van der Waals surface area (Å²) in [6, 6.07) is 0. The van der Waals surface area contributed by atoms with Gasteiger partial charge in [-0.1, -0.05) is 83.1 Å². The van der Waals surface area contributed by atoms with Gasteiger partial charge in [0.2, 0.25) is 0 Å². The Morgan fingerprint density at radius 1 is 0.289 bits per heavy atom. The van der Waals surface area contributed by atoms with Gasteiger partial charge >= 0.3 is 42.4 Å². The maximum atomic E-state index is 2.37. The first-order chi connectivity index (χ1) is 11.2. The fraction of sp³-hybridized carbons (Fsp3) is 1.00. The first-order valence-corrected chi connectivity index (χ1v) is 11.2. The van der Waals surface area contributed by atoms with E-state index < -0.39 is 0 Å². The summed E-state index contributed by atoms with van der Waals surface area (Å²) in [4.78, 5) is 0. The summed E-state index contributed by atoms with van der Waals surface area (Å²) in [5.41, 5.74) is 2.42. The Labute approximate surface area is 290 Å². The third-order valence-electron chi connectivity index (χ3n) is 7.78. The summed E-state index contributed by atoms with van der Waals surface area (Å²) in [5, 5.41) is 0. The first kappa shape index (κ1) is 150.